The summed E-state index contributed by atoms with van der Waals surface area (Å²) in [5.74, 6) is -0.763. The summed E-state index contributed by atoms with van der Waals surface area (Å²) < 4.78 is 16.8. The van der Waals surface area contributed by atoms with E-state index in [0.717, 1.165) is 32.1 Å². The molecule has 0 saturated carbocycles. The number of methoxy groups -OCH3 is 2. The van der Waals surface area contributed by atoms with Crippen molar-refractivity contribution in [3.8, 4) is 5.75 Å². The van der Waals surface area contributed by atoms with Crippen LogP contribution in [0.25, 0.3) is 0 Å². The molecular weight excluding hydrogens is 408 g/mol. The average Bonchev–Trinajstić information content (AvgIpc) is 2.81. The number of unbranched alkanes of at least 4 members (excludes halogenated alkanes) is 5. The first-order valence-corrected chi connectivity index (χ1v) is 12.2. The molecular formula is C26H44O6. The molecule has 0 fully saturated rings. The largest absolute Gasteiger partial charge is 0.508 e. The fourth-order valence-corrected chi connectivity index (χ4v) is 4.29. The number of aliphatic hydroxyl groups is 1. The second kappa shape index (κ2) is 16.1. The maximum atomic E-state index is 12.1. The zero-order valence-corrected chi connectivity index (χ0v) is 20.5. The van der Waals surface area contributed by atoms with Gasteiger partial charge in [-0.15, -0.1) is 0 Å². The Balaban J connectivity index is 2.47. The number of esters is 1. The summed E-state index contributed by atoms with van der Waals surface area (Å²) in [7, 11) is 3.41. The van der Waals surface area contributed by atoms with Gasteiger partial charge >= 0.3 is 5.97 Å². The number of phenols is 1. The minimum absolute atomic E-state index is 0.0463. The summed E-state index contributed by atoms with van der Waals surface area (Å²) in [5.41, 5.74) is 0.349. The number of aliphatic hydroxyl groups excluding tert-OH is 1. The Kier molecular flexibility index (Phi) is 14.3. The molecule has 184 valence electrons. The van der Waals surface area contributed by atoms with Gasteiger partial charge in [0.1, 0.15) is 12.4 Å². The lowest BCUT2D eigenvalue weighted by Crippen LogP contribution is -2.41. The van der Waals surface area contributed by atoms with Gasteiger partial charge in [-0.3, -0.25) is 0 Å². The minimum Gasteiger partial charge on any atom is -0.508 e. The number of hydrogen-bond donors (Lipinski definition) is 2. The highest BCUT2D eigenvalue weighted by atomic mass is 16.7. The smallest absolute Gasteiger partial charge is 0.338 e. The Morgan fingerprint density at radius 3 is 2.09 bits per heavy atom. The van der Waals surface area contributed by atoms with Gasteiger partial charge in [0.15, 0.2) is 5.79 Å². The zero-order valence-electron chi connectivity index (χ0n) is 20.5. The number of phenolic OH excluding ortho intramolecular Hbond substituents is 1. The van der Waals surface area contributed by atoms with E-state index in [-0.39, 0.29) is 18.3 Å². The van der Waals surface area contributed by atoms with Crippen LogP contribution in [0, 0.1) is 5.92 Å². The van der Waals surface area contributed by atoms with Crippen molar-refractivity contribution >= 4 is 5.97 Å². The first-order valence-electron chi connectivity index (χ1n) is 12.2. The van der Waals surface area contributed by atoms with Crippen LogP contribution in [-0.2, 0) is 14.2 Å². The Morgan fingerprint density at radius 2 is 1.50 bits per heavy atom. The summed E-state index contributed by atoms with van der Waals surface area (Å²) in [6.07, 6.45) is 10.8. The Labute approximate surface area is 194 Å². The Bertz CT molecular complexity index is 603. The molecule has 2 N–H and O–H groups in total. The monoisotopic (exact) mass is 452 g/mol. The lowest BCUT2D eigenvalue weighted by Gasteiger charge is -2.38. The van der Waals surface area contributed by atoms with Gasteiger partial charge in [-0.2, -0.15) is 0 Å². The highest BCUT2D eigenvalue weighted by molar-refractivity contribution is 5.89. The predicted molar refractivity (Wildman–Crippen MR) is 127 cm³/mol. The van der Waals surface area contributed by atoms with Gasteiger partial charge in [0.05, 0.1) is 11.7 Å². The van der Waals surface area contributed by atoms with E-state index in [2.05, 4.69) is 13.8 Å². The molecule has 1 aromatic rings. The summed E-state index contributed by atoms with van der Waals surface area (Å²) in [5, 5.41) is 19.6. The van der Waals surface area contributed by atoms with E-state index in [1.807, 2.05) is 0 Å². The molecule has 0 aliphatic carbocycles. The van der Waals surface area contributed by atoms with Crippen LogP contribution in [0.3, 0.4) is 0 Å². The lowest BCUT2D eigenvalue weighted by atomic mass is 9.85. The number of rotatable bonds is 18. The van der Waals surface area contributed by atoms with E-state index in [0.29, 0.717) is 12.0 Å². The number of aromatic hydroxyl groups is 1. The molecule has 0 aromatic heterocycles. The number of carbonyl (C=O) groups is 1. The normalized spacial score (nSPS) is 13.7. The lowest BCUT2D eigenvalue weighted by molar-refractivity contribution is -0.244. The number of hydrogen-bond acceptors (Lipinski definition) is 6. The molecule has 1 aromatic carbocycles. The molecule has 2 atom stereocenters. The number of carbonyl (C=O) groups excluding carboxylic acids is 1. The average molecular weight is 453 g/mol. The second-order valence-corrected chi connectivity index (χ2v) is 8.56. The third kappa shape index (κ3) is 9.88. The molecule has 32 heavy (non-hydrogen) atoms. The quantitative estimate of drug-likeness (QED) is 0.165. The fourth-order valence-electron chi connectivity index (χ4n) is 4.29. The van der Waals surface area contributed by atoms with E-state index in [1.54, 1.807) is 14.2 Å². The molecule has 2 unspecified atom stereocenters. The molecule has 0 bridgehead atoms. The van der Waals surface area contributed by atoms with Crippen LogP contribution in [-0.4, -0.2) is 48.9 Å². The van der Waals surface area contributed by atoms with Crippen molar-refractivity contribution in [3.63, 3.8) is 0 Å². The van der Waals surface area contributed by atoms with Gasteiger partial charge < -0.3 is 24.4 Å². The van der Waals surface area contributed by atoms with E-state index in [9.17, 15) is 15.0 Å². The fraction of sp³-hybridized carbons (Fsp3) is 0.731. The highest BCUT2D eigenvalue weighted by Crippen LogP contribution is 2.34. The number of benzene rings is 1. The third-order valence-corrected chi connectivity index (χ3v) is 6.31. The van der Waals surface area contributed by atoms with Crippen molar-refractivity contribution in [1.82, 2.24) is 0 Å². The van der Waals surface area contributed by atoms with Crippen molar-refractivity contribution in [3.05, 3.63) is 29.8 Å². The highest BCUT2D eigenvalue weighted by Gasteiger charge is 2.36. The standard InChI is InChI=1S/C26H44O6/c1-5-7-8-9-10-11-13-22(26(6-2,30-3)31-4)14-12-15-24(28)20-32-25(29)21-16-18-23(27)19-17-21/h16-19,22,24,27-28H,5-15,20H2,1-4H3. The molecule has 0 heterocycles. The van der Waals surface area contributed by atoms with Crippen LogP contribution >= 0.6 is 0 Å². The third-order valence-electron chi connectivity index (χ3n) is 6.31. The van der Waals surface area contributed by atoms with Gasteiger partial charge in [0.25, 0.3) is 0 Å². The van der Waals surface area contributed by atoms with E-state index >= 15 is 0 Å². The van der Waals surface area contributed by atoms with Crippen molar-refractivity contribution in [2.75, 3.05) is 20.8 Å². The summed E-state index contributed by atoms with van der Waals surface area (Å²) in [6.45, 7) is 4.26. The summed E-state index contributed by atoms with van der Waals surface area (Å²) in [6, 6.07) is 5.86. The zero-order chi connectivity index (χ0) is 23.8. The first-order chi connectivity index (χ1) is 15.4. The van der Waals surface area contributed by atoms with Crippen LogP contribution in [0.15, 0.2) is 24.3 Å². The minimum atomic E-state index is -0.716. The molecule has 0 amide bonds. The Hall–Kier alpha value is -1.63. The van der Waals surface area contributed by atoms with Gasteiger partial charge in [0.2, 0.25) is 0 Å². The van der Waals surface area contributed by atoms with Crippen molar-refractivity contribution in [2.24, 2.45) is 5.92 Å². The summed E-state index contributed by atoms with van der Waals surface area (Å²) >= 11 is 0. The van der Waals surface area contributed by atoms with Crippen molar-refractivity contribution < 1.29 is 29.2 Å². The maximum absolute atomic E-state index is 12.1. The van der Waals surface area contributed by atoms with Crippen LogP contribution in [0.5, 0.6) is 5.75 Å². The van der Waals surface area contributed by atoms with Crippen LogP contribution in [0.4, 0.5) is 0 Å². The van der Waals surface area contributed by atoms with E-state index in [4.69, 9.17) is 14.2 Å². The number of ether oxygens (including phenoxy) is 3. The molecule has 6 nitrogen and oxygen atoms in total. The molecule has 0 radical (unpaired) electrons. The second-order valence-electron chi connectivity index (χ2n) is 8.56. The van der Waals surface area contributed by atoms with Crippen LogP contribution < -0.4 is 0 Å². The van der Waals surface area contributed by atoms with Crippen LogP contribution in [0.2, 0.25) is 0 Å². The van der Waals surface area contributed by atoms with Gasteiger partial charge in [-0.05, 0) is 49.9 Å². The predicted octanol–water partition coefficient (Wildman–Crippen LogP) is 5.85. The molecule has 0 saturated heterocycles. The maximum Gasteiger partial charge on any atom is 0.338 e. The summed E-state index contributed by atoms with van der Waals surface area (Å²) in [4.78, 5) is 12.1. The first kappa shape index (κ1) is 28.4. The van der Waals surface area contributed by atoms with Gasteiger partial charge in [-0.1, -0.05) is 58.8 Å². The molecule has 6 heteroatoms. The van der Waals surface area contributed by atoms with Crippen LogP contribution in [0.1, 0.15) is 94.8 Å². The van der Waals surface area contributed by atoms with E-state index in [1.165, 1.54) is 56.4 Å². The van der Waals surface area contributed by atoms with Gasteiger partial charge in [0, 0.05) is 20.1 Å². The van der Waals surface area contributed by atoms with Crippen molar-refractivity contribution in [1.29, 1.82) is 0 Å². The van der Waals surface area contributed by atoms with E-state index < -0.39 is 17.9 Å². The molecule has 1 rings (SSSR count). The molecule has 0 aliphatic rings. The Morgan fingerprint density at radius 1 is 0.906 bits per heavy atom. The molecule has 0 spiro atoms. The van der Waals surface area contributed by atoms with Crippen molar-refractivity contribution in [2.45, 2.75) is 96.4 Å². The molecule has 0 aliphatic heterocycles. The van der Waals surface area contributed by atoms with Gasteiger partial charge in [-0.25, -0.2) is 4.79 Å². The SMILES string of the molecule is CCCCCCCCC(CCCC(O)COC(=O)c1ccc(O)cc1)C(CC)(OC)OC. The topological polar surface area (TPSA) is 85.2 Å².